The number of thioether (sulfide) groups is 1. The lowest BCUT2D eigenvalue weighted by molar-refractivity contribution is 0.887. The van der Waals surface area contributed by atoms with Gasteiger partial charge in [0.05, 0.1) is 5.03 Å². The highest BCUT2D eigenvalue weighted by molar-refractivity contribution is 7.98. The normalized spacial score (nSPS) is 10.2. The third-order valence-corrected chi connectivity index (χ3v) is 2.38. The maximum Gasteiger partial charge on any atom is 0.251 e. The van der Waals surface area contributed by atoms with Crippen LogP contribution in [-0.2, 0) is 6.42 Å². The average Bonchev–Trinajstić information content (AvgIpc) is 2.09. The summed E-state index contributed by atoms with van der Waals surface area (Å²) in [5.41, 5.74) is 0.944. The monoisotopic (exact) mass is 183 g/mol. The molecule has 0 atom stereocenters. The van der Waals surface area contributed by atoms with Gasteiger partial charge in [0, 0.05) is 5.56 Å². The summed E-state index contributed by atoms with van der Waals surface area (Å²) in [6.07, 6.45) is 3.83. The Hall–Kier alpha value is -0.700. The third kappa shape index (κ3) is 2.14. The van der Waals surface area contributed by atoms with Crippen LogP contribution in [0.25, 0.3) is 0 Å². The Kier molecular flexibility index (Phi) is 3.41. The first kappa shape index (κ1) is 9.39. The molecule has 0 aliphatic rings. The van der Waals surface area contributed by atoms with Crippen molar-refractivity contribution in [2.45, 2.75) is 24.8 Å². The predicted octanol–water partition coefficient (Wildman–Crippen LogP) is 2.05. The van der Waals surface area contributed by atoms with Gasteiger partial charge in [0.1, 0.15) is 0 Å². The van der Waals surface area contributed by atoms with E-state index in [1.807, 2.05) is 18.4 Å². The smallest absolute Gasteiger partial charge is 0.251 e. The number of hydrogen-bond acceptors (Lipinski definition) is 2. The SMILES string of the molecule is CCCc1ccc(SC)[nH]c1=O. The van der Waals surface area contributed by atoms with Crippen LogP contribution in [0.15, 0.2) is 22.0 Å². The predicted molar refractivity (Wildman–Crippen MR) is 52.8 cm³/mol. The van der Waals surface area contributed by atoms with Crippen LogP contribution in [0.2, 0.25) is 0 Å². The van der Waals surface area contributed by atoms with E-state index in [1.165, 1.54) is 0 Å². The molecular weight excluding hydrogens is 170 g/mol. The van der Waals surface area contributed by atoms with Gasteiger partial charge in [-0.25, -0.2) is 0 Å². The highest BCUT2D eigenvalue weighted by Crippen LogP contribution is 2.08. The molecule has 2 nitrogen and oxygen atoms in total. The van der Waals surface area contributed by atoms with E-state index in [-0.39, 0.29) is 5.56 Å². The minimum atomic E-state index is 0.0590. The lowest BCUT2D eigenvalue weighted by Gasteiger charge is -1.99. The second-order valence-corrected chi connectivity index (χ2v) is 3.48. The van der Waals surface area contributed by atoms with E-state index in [0.29, 0.717) is 0 Å². The molecule has 0 saturated carbocycles. The van der Waals surface area contributed by atoms with Crippen LogP contribution in [0.4, 0.5) is 0 Å². The second kappa shape index (κ2) is 4.36. The molecule has 1 rings (SSSR count). The van der Waals surface area contributed by atoms with Gasteiger partial charge in [-0.15, -0.1) is 11.8 Å². The zero-order valence-corrected chi connectivity index (χ0v) is 8.20. The van der Waals surface area contributed by atoms with Crippen LogP contribution in [0.3, 0.4) is 0 Å². The number of rotatable bonds is 3. The molecule has 0 fully saturated rings. The molecule has 0 saturated heterocycles. The minimum Gasteiger partial charge on any atom is -0.317 e. The zero-order chi connectivity index (χ0) is 8.97. The number of H-pyrrole nitrogens is 1. The van der Waals surface area contributed by atoms with Crippen molar-refractivity contribution in [1.29, 1.82) is 0 Å². The minimum absolute atomic E-state index is 0.0590. The standard InChI is InChI=1S/C9H13NOS/c1-3-4-7-5-6-8(12-2)10-9(7)11/h5-6H,3-4H2,1-2H3,(H,10,11). The van der Waals surface area contributed by atoms with E-state index in [0.717, 1.165) is 23.4 Å². The molecule has 1 heterocycles. The molecule has 0 amide bonds. The van der Waals surface area contributed by atoms with Gasteiger partial charge < -0.3 is 4.98 Å². The average molecular weight is 183 g/mol. The first-order valence-electron chi connectivity index (χ1n) is 4.04. The van der Waals surface area contributed by atoms with Crippen LogP contribution in [0, 0.1) is 0 Å². The number of nitrogens with one attached hydrogen (secondary N) is 1. The molecule has 3 heteroatoms. The number of aromatic amines is 1. The van der Waals surface area contributed by atoms with Crippen molar-refractivity contribution in [3.05, 3.63) is 28.0 Å². The summed E-state index contributed by atoms with van der Waals surface area (Å²) < 4.78 is 0. The van der Waals surface area contributed by atoms with Gasteiger partial charge >= 0.3 is 0 Å². The highest BCUT2D eigenvalue weighted by Gasteiger charge is 1.98. The lowest BCUT2D eigenvalue weighted by Crippen LogP contribution is -2.12. The number of pyridine rings is 1. The number of hydrogen-bond donors (Lipinski definition) is 1. The molecule has 0 unspecified atom stereocenters. The zero-order valence-electron chi connectivity index (χ0n) is 7.39. The maximum atomic E-state index is 11.3. The van der Waals surface area contributed by atoms with Crippen molar-refractivity contribution in [3.8, 4) is 0 Å². The van der Waals surface area contributed by atoms with E-state index in [1.54, 1.807) is 11.8 Å². The van der Waals surface area contributed by atoms with Crippen LogP contribution in [-0.4, -0.2) is 11.2 Å². The van der Waals surface area contributed by atoms with Gasteiger partial charge in [0.15, 0.2) is 0 Å². The Bertz CT molecular complexity index is 306. The van der Waals surface area contributed by atoms with Gasteiger partial charge in [0.2, 0.25) is 0 Å². The van der Waals surface area contributed by atoms with Crippen molar-refractivity contribution in [3.63, 3.8) is 0 Å². The molecule has 1 N–H and O–H groups in total. The molecule has 1 aromatic heterocycles. The molecule has 12 heavy (non-hydrogen) atoms. The van der Waals surface area contributed by atoms with Crippen molar-refractivity contribution in [1.82, 2.24) is 4.98 Å². The molecule has 0 spiro atoms. The molecule has 0 radical (unpaired) electrons. The third-order valence-electron chi connectivity index (χ3n) is 1.70. The van der Waals surface area contributed by atoms with Crippen LogP contribution >= 0.6 is 11.8 Å². The molecule has 1 aromatic rings. The van der Waals surface area contributed by atoms with Crippen molar-refractivity contribution in [2.24, 2.45) is 0 Å². The van der Waals surface area contributed by atoms with Crippen LogP contribution in [0.5, 0.6) is 0 Å². The summed E-state index contributed by atoms with van der Waals surface area (Å²) in [6, 6.07) is 3.87. The first-order valence-corrected chi connectivity index (χ1v) is 5.26. The van der Waals surface area contributed by atoms with E-state index in [4.69, 9.17) is 0 Å². The Labute approximate surface area is 76.4 Å². The van der Waals surface area contributed by atoms with Crippen molar-refractivity contribution >= 4 is 11.8 Å². The summed E-state index contributed by atoms with van der Waals surface area (Å²) in [6.45, 7) is 2.07. The Morgan fingerprint density at radius 1 is 1.50 bits per heavy atom. The van der Waals surface area contributed by atoms with Crippen molar-refractivity contribution < 1.29 is 0 Å². The number of aromatic nitrogens is 1. The fourth-order valence-corrected chi connectivity index (χ4v) is 1.47. The fourth-order valence-electron chi connectivity index (χ4n) is 1.07. The van der Waals surface area contributed by atoms with E-state index in [2.05, 4.69) is 11.9 Å². The lowest BCUT2D eigenvalue weighted by atomic mass is 10.2. The second-order valence-electron chi connectivity index (χ2n) is 2.63. The quantitative estimate of drug-likeness (QED) is 0.727. The summed E-state index contributed by atoms with van der Waals surface area (Å²) in [7, 11) is 0. The van der Waals surface area contributed by atoms with Crippen LogP contribution in [0.1, 0.15) is 18.9 Å². The van der Waals surface area contributed by atoms with Crippen LogP contribution < -0.4 is 5.56 Å². The van der Waals surface area contributed by atoms with E-state index >= 15 is 0 Å². The topological polar surface area (TPSA) is 32.9 Å². The Balaban J connectivity index is 2.96. The molecule has 66 valence electrons. The maximum absolute atomic E-state index is 11.3. The summed E-state index contributed by atoms with van der Waals surface area (Å²) in [5, 5.41) is 0.930. The molecule has 0 aliphatic carbocycles. The largest absolute Gasteiger partial charge is 0.317 e. The Morgan fingerprint density at radius 3 is 2.75 bits per heavy atom. The first-order chi connectivity index (χ1) is 5.77. The van der Waals surface area contributed by atoms with Crippen molar-refractivity contribution in [2.75, 3.05) is 6.26 Å². The van der Waals surface area contributed by atoms with E-state index < -0.39 is 0 Å². The fraction of sp³-hybridized carbons (Fsp3) is 0.444. The Morgan fingerprint density at radius 2 is 2.25 bits per heavy atom. The molecule has 0 aliphatic heterocycles. The van der Waals surface area contributed by atoms with Gasteiger partial charge in [-0.3, -0.25) is 4.79 Å². The summed E-state index contributed by atoms with van der Waals surface area (Å²) >= 11 is 1.55. The van der Waals surface area contributed by atoms with E-state index in [9.17, 15) is 4.79 Å². The molecular formula is C9H13NOS. The highest BCUT2D eigenvalue weighted by atomic mass is 32.2. The van der Waals surface area contributed by atoms with Gasteiger partial charge in [-0.2, -0.15) is 0 Å². The summed E-state index contributed by atoms with van der Waals surface area (Å²) in [4.78, 5) is 14.1. The molecule has 0 aromatic carbocycles. The van der Waals surface area contributed by atoms with Gasteiger partial charge in [-0.05, 0) is 18.7 Å². The van der Waals surface area contributed by atoms with Gasteiger partial charge in [0.25, 0.3) is 5.56 Å². The van der Waals surface area contributed by atoms with Gasteiger partial charge in [-0.1, -0.05) is 19.4 Å². The number of aryl methyl sites for hydroxylation is 1. The summed E-state index contributed by atoms with van der Waals surface area (Å²) in [5.74, 6) is 0. The molecule has 0 bridgehead atoms.